The van der Waals surface area contributed by atoms with E-state index in [0.717, 1.165) is 19.3 Å². The van der Waals surface area contributed by atoms with Crippen molar-refractivity contribution < 1.29 is 9.59 Å². The van der Waals surface area contributed by atoms with E-state index in [1.807, 2.05) is 5.43 Å². The van der Waals surface area contributed by atoms with Gasteiger partial charge in [-0.2, -0.15) is 0 Å². The van der Waals surface area contributed by atoms with Gasteiger partial charge in [0.05, 0.1) is 0 Å². The predicted molar refractivity (Wildman–Crippen MR) is 56.5 cm³/mol. The van der Waals surface area contributed by atoms with Gasteiger partial charge in [0.1, 0.15) is 6.54 Å². The standard InChI is InChI=1S/C10H19N3O2/c1-2-8-3-4-10(15)13(6-5-8)7-9(14)12-11/h8H,2-7,11H2,1H3,(H,12,14). The summed E-state index contributed by atoms with van der Waals surface area (Å²) in [6, 6.07) is 0. The maximum Gasteiger partial charge on any atom is 0.253 e. The molecule has 1 fully saturated rings. The van der Waals surface area contributed by atoms with E-state index in [0.29, 0.717) is 18.9 Å². The Labute approximate surface area is 90.0 Å². The molecule has 0 radical (unpaired) electrons. The van der Waals surface area contributed by atoms with Crippen LogP contribution in [0.5, 0.6) is 0 Å². The molecular weight excluding hydrogens is 194 g/mol. The summed E-state index contributed by atoms with van der Waals surface area (Å²) in [5, 5.41) is 0. The third-order valence-corrected chi connectivity index (χ3v) is 3.00. The molecule has 0 aromatic rings. The maximum absolute atomic E-state index is 11.6. The van der Waals surface area contributed by atoms with Crippen molar-refractivity contribution in [3.05, 3.63) is 0 Å². The zero-order chi connectivity index (χ0) is 11.3. The molecule has 1 heterocycles. The number of nitrogens with one attached hydrogen (secondary N) is 1. The van der Waals surface area contributed by atoms with Crippen LogP contribution in [-0.4, -0.2) is 29.8 Å². The van der Waals surface area contributed by atoms with Crippen LogP contribution in [0.2, 0.25) is 0 Å². The van der Waals surface area contributed by atoms with Gasteiger partial charge in [-0.25, -0.2) is 5.84 Å². The maximum atomic E-state index is 11.6. The lowest BCUT2D eigenvalue weighted by atomic mass is 9.98. The summed E-state index contributed by atoms with van der Waals surface area (Å²) in [6.45, 7) is 2.90. The summed E-state index contributed by atoms with van der Waals surface area (Å²) in [6.07, 6.45) is 3.58. The number of rotatable bonds is 3. The second-order valence-corrected chi connectivity index (χ2v) is 3.98. The van der Waals surface area contributed by atoms with Crippen molar-refractivity contribution in [2.24, 2.45) is 11.8 Å². The van der Waals surface area contributed by atoms with Crippen molar-refractivity contribution >= 4 is 11.8 Å². The summed E-state index contributed by atoms with van der Waals surface area (Å²) >= 11 is 0. The van der Waals surface area contributed by atoms with E-state index in [-0.39, 0.29) is 18.4 Å². The lowest BCUT2D eigenvalue weighted by Crippen LogP contribution is -2.42. The van der Waals surface area contributed by atoms with Crippen LogP contribution in [0.25, 0.3) is 0 Å². The lowest BCUT2D eigenvalue weighted by molar-refractivity contribution is -0.135. The zero-order valence-electron chi connectivity index (χ0n) is 9.16. The molecule has 1 rings (SSSR count). The number of hydrogen-bond acceptors (Lipinski definition) is 3. The number of carbonyl (C=O) groups is 2. The van der Waals surface area contributed by atoms with Crippen LogP contribution in [0, 0.1) is 5.92 Å². The van der Waals surface area contributed by atoms with Crippen LogP contribution in [0.15, 0.2) is 0 Å². The van der Waals surface area contributed by atoms with Crippen LogP contribution >= 0.6 is 0 Å². The van der Waals surface area contributed by atoms with Crippen molar-refractivity contribution in [1.29, 1.82) is 0 Å². The van der Waals surface area contributed by atoms with E-state index in [2.05, 4.69) is 6.92 Å². The first kappa shape index (κ1) is 12.0. The van der Waals surface area contributed by atoms with Gasteiger partial charge >= 0.3 is 0 Å². The van der Waals surface area contributed by atoms with Gasteiger partial charge in [-0.3, -0.25) is 15.0 Å². The fraction of sp³-hybridized carbons (Fsp3) is 0.800. The predicted octanol–water partition coefficient (Wildman–Crippen LogP) is 0.0150. The van der Waals surface area contributed by atoms with Crippen molar-refractivity contribution in [3.63, 3.8) is 0 Å². The number of hydrazine groups is 1. The van der Waals surface area contributed by atoms with Crippen molar-refractivity contribution in [1.82, 2.24) is 10.3 Å². The van der Waals surface area contributed by atoms with Crippen LogP contribution < -0.4 is 11.3 Å². The van der Waals surface area contributed by atoms with Crippen LogP contribution in [0.4, 0.5) is 0 Å². The summed E-state index contributed by atoms with van der Waals surface area (Å²) in [4.78, 5) is 24.3. The molecule has 5 heteroatoms. The van der Waals surface area contributed by atoms with Gasteiger partial charge in [-0.05, 0) is 18.8 Å². The van der Waals surface area contributed by atoms with Crippen LogP contribution in [0.3, 0.4) is 0 Å². The highest BCUT2D eigenvalue weighted by molar-refractivity contribution is 5.84. The first-order chi connectivity index (χ1) is 7.17. The van der Waals surface area contributed by atoms with Crippen molar-refractivity contribution in [3.8, 4) is 0 Å². The zero-order valence-corrected chi connectivity index (χ0v) is 9.16. The van der Waals surface area contributed by atoms with Gasteiger partial charge in [-0.1, -0.05) is 13.3 Å². The molecule has 0 saturated carbocycles. The minimum atomic E-state index is -0.307. The molecular formula is C10H19N3O2. The normalized spacial score (nSPS) is 22.4. The number of likely N-dealkylation sites (tertiary alicyclic amines) is 1. The Bertz CT molecular complexity index is 243. The van der Waals surface area contributed by atoms with Gasteiger partial charge < -0.3 is 4.90 Å². The van der Waals surface area contributed by atoms with Gasteiger partial charge in [0.25, 0.3) is 5.91 Å². The average molecular weight is 213 g/mol. The quantitative estimate of drug-likeness (QED) is 0.394. The number of nitrogens with zero attached hydrogens (tertiary/aromatic N) is 1. The topological polar surface area (TPSA) is 75.4 Å². The Kier molecular flexibility index (Phi) is 4.55. The molecule has 0 bridgehead atoms. The molecule has 0 aromatic heterocycles. The van der Waals surface area contributed by atoms with Crippen LogP contribution in [-0.2, 0) is 9.59 Å². The summed E-state index contributed by atoms with van der Waals surface area (Å²) < 4.78 is 0. The molecule has 1 aliphatic heterocycles. The monoisotopic (exact) mass is 213 g/mol. The van der Waals surface area contributed by atoms with E-state index < -0.39 is 0 Å². The number of hydrogen-bond donors (Lipinski definition) is 2. The molecule has 2 amide bonds. The van der Waals surface area contributed by atoms with E-state index in [4.69, 9.17) is 5.84 Å². The lowest BCUT2D eigenvalue weighted by Gasteiger charge is -2.19. The second kappa shape index (κ2) is 5.70. The Hall–Kier alpha value is -1.10. The van der Waals surface area contributed by atoms with Gasteiger partial charge in [-0.15, -0.1) is 0 Å². The van der Waals surface area contributed by atoms with Crippen molar-refractivity contribution in [2.75, 3.05) is 13.1 Å². The number of carbonyl (C=O) groups excluding carboxylic acids is 2. The molecule has 5 nitrogen and oxygen atoms in total. The molecule has 0 aromatic carbocycles. The molecule has 0 spiro atoms. The Morgan fingerprint density at radius 1 is 1.60 bits per heavy atom. The molecule has 3 N–H and O–H groups in total. The van der Waals surface area contributed by atoms with E-state index in [1.54, 1.807) is 4.90 Å². The first-order valence-electron chi connectivity index (χ1n) is 5.44. The molecule has 0 aliphatic carbocycles. The minimum Gasteiger partial charge on any atom is -0.333 e. The fourth-order valence-electron chi connectivity index (χ4n) is 1.89. The first-order valence-corrected chi connectivity index (χ1v) is 5.44. The van der Waals surface area contributed by atoms with Crippen LogP contribution in [0.1, 0.15) is 32.6 Å². The molecule has 86 valence electrons. The van der Waals surface area contributed by atoms with Gasteiger partial charge in [0, 0.05) is 13.0 Å². The van der Waals surface area contributed by atoms with E-state index >= 15 is 0 Å². The molecule has 1 aliphatic rings. The summed E-state index contributed by atoms with van der Waals surface area (Å²) in [7, 11) is 0. The van der Waals surface area contributed by atoms with Gasteiger partial charge in [0.2, 0.25) is 5.91 Å². The SMILES string of the molecule is CCC1CCC(=O)N(CC(=O)NN)CC1. The van der Waals surface area contributed by atoms with Gasteiger partial charge in [0.15, 0.2) is 0 Å². The fourth-order valence-corrected chi connectivity index (χ4v) is 1.89. The molecule has 1 unspecified atom stereocenters. The highest BCUT2D eigenvalue weighted by atomic mass is 16.2. The van der Waals surface area contributed by atoms with Crippen molar-refractivity contribution in [2.45, 2.75) is 32.6 Å². The highest BCUT2D eigenvalue weighted by Crippen LogP contribution is 2.20. The number of amides is 2. The molecule has 1 saturated heterocycles. The third kappa shape index (κ3) is 3.51. The molecule has 1 atom stereocenters. The number of nitrogens with two attached hydrogens (primary N) is 1. The van der Waals surface area contributed by atoms with E-state index in [1.165, 1.54) is 0 Å². The Morgan fingerprint density at radius 2 is 2.33 bits per heavy atom. The second-order valence-electron chi connectivity index (χ2n) is 3.98. The summed E-state index contributed by atoms with van der Waals surface area (Å²) in [5.41, 5.74) is 2.05. The largest absolute Gasteiger partial charge is 0.333 e. The smallest absolute Gasteiger partial charge is 0.253 e. The Morgan fingerprint density at radius 3 is 2.93 bits per heavy atom. The average Bonchev–Trinajstić information content (AvgIpc) is 2.42. The highest BCUT2D eigenvalue weighted by Gasteiger charge is 2.22. The Balaban J connectivity index is 2.50. The van der Waals surface area contributed by atoms with E-state index in [9.17, 15) is 9.59 Å². The summed E-state index contributed by atoms with van der Waals surface area (Å²) in [5.74, 6) is 5.36. The molecule has 15 heavy (non-hydrogen) atoms. The minimum absolute atomic E-state index is 0.0644. The third-order valence-electron chi connectivity index (χ3n) is 3.00.